The van der Waals surface area contributed by atoms with E-state index < -0.39 is 0 Å². The molecule has 0 aliphatic carbocycles. The molecule has 5 heteroatoms. The second-order valence-corrected chi connectivity index (χ2v) is 12.5. The molecule has 7 aromatic carbocycles. The molecule has 0 aliphatic heterocycles. The Hall–Kier alpha value is -6.85. The van der Waals surface area contributed by atoms with Crippen LogP contribution in [-0.2, 0) is 0 Å². The van der Waals surface area contributed by atoms with Crippen LogP contribution in [0, 0.1) is 0 Å². The molecule has 0 radical (unpaired) electrons. The Labute approximate surface area is 287 Å². The topological polar surface area (TPSA) is 56.7 Å². The summed E-state index contributed by atoms with van der Waals surface area (Å²) in [6, 6.07) is 58.6. The van der Waals surface area contributed by atoms with Gasteiger partial charge in [-0.3, -0.25) is 0 Å². The zero-order valence-electron chi connectivity index (χ0n) is 26.9. The molecular formula is C45H28N4O. The van der Waals surface area contributed by atoms with Crippen LogP contribution in [0.3, 0.4) is 0 Å². The molecule has 0 bridgehead atoms. The Kier molecular flexibility index (Phi) is 6.42. The van der Waals surface area contributed by atoms with Crippen molar-refractivity contribution in [2.24, 2.45) is 0 Å². The van der Waals surface area contributed by atoms with Crippen LogP contribution in [-0.4, -0.2) is 19.5 Å². The third kappa shape index (κ3) is 4.60. The number of aromatic nitrogens is 4. The summed E-state index contributed by atoms with van der Waals surface area (Å²) in [5.41, 5.74) is 9.79. The van der Waals surface area contributed by atoms with Crippen molar-refractivity contribution in [2.45, 2.75) is 0 Å². The second-order valence-electron chi connectivity index (χ2n) is 12.5. The van der Waals surface area contributed by atoms with E-state index >= 15 is 0 Å². The third-order valence-corrected chi connectivity index (χ3v) is 9.45. The smallest absolute Gasteiger partial charge is 0.167 e. The van der Waals surface area contributed by atoms with Crippen molar-refractivity contribution < 1.29 is 4.42 Å². The van der Waals surface area contributed by atoms with Gasteiger partial charge in [-0.2, -0.15) is 0 Å². The monoisotopic (exact) mass is 640 g/mol. The van der Waals surface area contributed by atoms with E-state index in [1.165, 1.54) is 10.8 Å². The number of para-hydroxylation sites is 4. The lowest BCUT2D eigenvalue weighted by Gasteiger charge is -2.11. The molecular weight excluding hydrogens is 613 g/mol. The van der Waals surface area contributed by atoms with Crippen LogP contribution < -0.4 is 0 Å². The molecule has 0 N–H and O–H groups in total. The van der Waals surface area contributed by atoms with Gasteiger partial charge in [0.15, 0.2) is 17.5 Å². The van der Waals surface area contributed by atoms with Crippen LogP contribution in [0.25, 0.3) is 94.7 Å². The minimum absolute atomic E-state index is 0.559. The summed E-state index contributed by atoms with van der Waals surface area (Å²) in [6.45, 7) is 0. The maximum Gasteiger partial charge on any atom is 0.167 e. The van der Waals surface area contributed by atoms with Crippen molar-refractivity contribution >= 4 is 43.7 Å². The first kappa shape index (κ1) is 28.2. The largest absolute Gasteiger partial charge is 0.455 e. The lowest BCUT2D eigenvalue weighted by molar-refractivity contribution is 0.669. The Bertz CT molecular complexity index is 2870. The molecule has 50 heavy (non-hydrogen) atoms. The zero-order valence-corrected chi connectivity index (χ0v) is 26.9. The van der Waals surface area contributed by atoms with E-state index in [0.717, 1.165) is 66.5 Å². The average molecular weight is 641 g/mol. The quantitative estimate of drug-likeness (QED) is 0.188. The minimum atomic E-state index is 0.559. The molecule has 10 aromatic rings. The lowest BCUT2D eigenvalue weighted by atomic mass is 10.0. The summed E-state index contributed by atoms with van der Waals surface area (Å²) >= 11 is 0. The summed E-state index contributed by atoms with van der Waals surface area (Å²) in [7, 11) is 0. The van der Waals surface area contributed by atoms with E-state index in [0.29, 0.717) is 17.5 Å². The molecule has 234 valence electrons. The van der Waals surface area contributed by atoms with Gasteiger partial charge in [-0.05, 0) is 53.6 Å². The van der Waals surface area contributed by atoms with Crippen LogP contribution in [0.15, 0.2) is 174 Å². The Morgan fingerprint density at radius 2 is 0.980 bits per heavy atom. The molecule has 0 aliphatic rings. The van der Waals surface area contributed by atoms with Crippen LogP contribution in [0.4, 0.5) is 0 Å². The van der Waals surface area contributed by atoms with Crippen LogP contribution in [0.1, 0.15) is 0 Å². The van der Waals surface area contributed by atoms with Crippen LogP contribution in [0.5, 0.6) is 0 Å². The third-order valence-electron chi connectivity index (χ3n) is 9.45. The molecule has 0 saturated heterocycles. The molecule has 3 aromatic heterocycles. The molecule has 0 saturated carbocycles. The summed E-state index contributed by atoms with van der Waals surface area (Å²) in [5, 5.41) is 4.46. The minimum Gasteiger partial charge on any atom is -0.455 e. The molecule has 0 amide bonds. The lowest BCUT2D eigenvalue weighted by Crippen LogP contribution is -2.01. The van der Waals surface area contributed by atoms with Gasteiger partial charge in [-0.15, -0.1) is 0 Å². The molecule has 0 atom stereocenters. The summed E-state index contributed by atoms with van der Waals surface area (Å²) in [6.07, 6.45) is 0. The van der Waals surface area contributed by atoms with E-state index in [2.05, 4.69) is 132 Å². The first-order valence-corrected chi connectivity index (χ1v) is 16.7. The Balaban J connectivity index is 1.22. The van der Waals surface area contributed by atoms with Crippen molar-refractivity contribution in [3.63, 3.8) is 0 Å². The van der Waals surface area contributed by atoms with Crippen molar-refractivity contribution in [3.8, 4) is 51.0 Å². The Morgan fingerprint density at radius 1 is 0.380 bits per heavy atom. The van der Waals surface area contributed by atoms with Gasteiger partial charge in [0, 0.05) is 38.4 Å². The molecule has 5 nitrogen and oxygen atoms in total. The van der Waals surface area contributed by atoms with Crippen molar-refractivity contribution in [2.75, 3.05) is 0 Å². The average Bonchev–Trinajstić information content (AvgIpc) is 3.74. The number of furan rings is 1. The summed E-state index contributed by atoms with van der Waals surface area (Å²) in [5.74, 6) is 1.75. The highest BCUT2D eigenvalue weighted by molar-refractivity contribution is 6.11. The second kappa shape index (κ2) is 11.4. The summed E-state index contributed by atoms with van der Waals surface area (Å²) in [4.78, 5) is 15.5. The molecule has 0 unspecified atom stereocenters. The van der Waals surface area contributed by atoms with Gasteiger partial charge in [0.1, 0.15) is 11.2 Å². The van der Waals surface area contributed by atoms with Crippen molar-refractivity contribution in [3.05, 3.63) is 170 Å². The molecule has 0 fully saturated rings. The van der Waals surface area contributed by atoms with Crippen molar-refractivity contribution in [1.29, 1.82) is 0 Å². The van der Waals surface area contributed by atoms with Gasteiger partial charge in [0.2, 0.25) is 0 Å². The normalized spacial score (nSPS) is 11.6. The maximum atomic E-state index is 6.46. The molecule has 10 rings (SSSR count). The predicted octanol–water partition coefficient (Wildman–Crippen LogP) is 11.5. The number of benzene rings is 7. The predicted molar refractivity (Wildman–Crippen MR) is 203 cm³/mol. The van der Waals surface area contributed by atoms with Crippen molar-refractivity contribution in [1.82, 2.24) is 19.5 Å². The van der Waals surface area contributed by atoms with Gasteiger partial charge < -0.3 is 8.98 Å². The van der Waals surface area contributed by atoms with Gasteiger partial charge in [-0.25, -0.2) is 15.0 Å². The number of hydrogen-bond acceptors (Lipinski definition) is 4. The number of nitrogens with zero attached hydrogens (tertiary/aromatic N) is 4. The highest BCUT2D eigenvalue weighted by atomic mass is 16.3. The van der Waals surface area contributed by atoms with Gasteiger partial charge >= 0.3 is 0 Å². The molecule has 0 spiro atoms. The fraction of sp³-hybridized carbons (Fsp3) is 0. The highest BCUT2D eigenvalue weighted by Crippen LogP contribution is 2.38. The number of rotatable bonds is 5. The highest BCUT2D eigenvalue weighted by Gasteiger charge is 2.19. The van der Waals surface area contributed by atoms with Crippen LogP contribution >= 0.6 is 0 Å². The fourth-order valence-corrected chi connectivity index (χ4v) is 7.11. The first-order valence-electron chi connectivity index (χ1n) is 16.7. The molecule has 3 heterocycles. The zero-order chi connectivity index (χ0) is 33.0. The first-order chi connectivity index (χ1) is 24.8. The van der Waals surface area contributed by atoms with E-state index in [9.17, 15) is 0 Å². The van der Waals surface area contributed by atoms with E-state index in [4.69, 9.17) is 19.4 Å². The standard InChI is InChI=1S/C45H28N4O/c1-3-13-29(14-4-1)30-15-11-16-31(27-30)43-46-44(48-45(47-43)38-22-12-21-37-36-20-8-10-24-41(36)50-42(37)38)32-25-26-35-34-19-7-9-23-39(34)49(40(35)28-32)33-17-5-2-6-18-33/h1-28H. The van der Waals surface area contributed by atoms with Gasteiger partial charge in [-0.1, -0.05) is 127 Å². The Morgan fingerprint density at radius 3 is 1.82 bits per heavy atom. The maximum absolute atomic E-state index is 6.46. The van der Waals surface area contributed by atoms with E-state index in [-0.39, 0.29) is 0 Å². The summed E-state index contributed by atoms with van der Waals surface area (Å²) < 4.78 is 8.77. The SMILES string of the molecule is c1ccc(-c2cccc(-c3nc(-c4ccc5c6ccccc6n(-c6ccccc6)c5c4)nc(-c4cccc5c4oc4ccccc45)n3)c2)cc1. The van der Waals surface area contributed by atoms with Gasteiger partial charge in [0.05, 0.1) is 16.6 Å². The fourth-order valence-electron chi connectivity index (χ4n) is 7.11. The number of hydrogen-bond donors (Lipinski definition) is 0. The number of fused-ring (bicyclic) bond motifs is 6. The van der Waals surface area contributed by atoms with Crippen LogP contribution in [0.2, 0.25) is 0 Å². The van der Waals surface area contributed by atoms with E-state index in [1.54, 1.807) is 0 Å². The van der Waals surface area contributed by atoms with E-state index in [1.807, 2.05) is 42.5 Å². The van der Waals surface area contributed by atoms with Gasteiger partial charge in [0.25, 0.3) is 0 Å².